The van der Waals surface area contributed by atoms with Crippen molar-refractivity contribution in [3.8, 4) is 5.75 Å². The van der Waals surface area contributed by atoms with Gasteiger partial charge in [-0.25, -0.2) is 4.79 Å². The van der Waals surface area contributed by atoms with Crippen LogP contribution in [0.15, 0.2) is 36.4 Å². The average Bonchev–Trinajstić information content (AvgIpc) is 2.92. The first kappa shape index (κ1) is 33.2. The first-order chi connectivity index (χ1) is 20.3. The number of unbranched alkanes of at least 4 members (excludes halogenated alkanes) is 1. The molecule has 1 fully saturated rings. The van der Waals surface area contributed by atoms with Crippen molar-refractivity contribution >= 4 is 46.6 Å². The maximum absolute atomic E-state index is 12.8. The van der Waals surface area contributed by atoms with E-state index >= 15 is 0 Å². The van der Waals surface area contributed by atoms with E-state index in [2.05, 4.69) is 35.9 Å². The number of carbonyl (C=O) groups is 2. The molecule has 2 aliphatic rings. The molecule has 236 valence electrons. The van der Waals surface area contributed by atoms with Crippen molar-refractivity contribution < 1.29 is 19.1 Å². The summed E-state index contributed by atoms with van der Waals surface area (Å²) in [6, 6.07) is 11.6. The normalized spacial score (nSPS) is 16.2. The summed E-state index contributed by atoms with van der Waals surface area (Å²) in [5.41, 5.74) is 2.41. The highest BCUT2D eigenvalue weighted by atomic mass is 35.5. The number of nitrogens with zero attached hydrogens (tertiary/aromatic N) is 3. The molecular weight excluding hydrogens is 587 g/mol. The van der Waals surface area contributed by atoms with Crippen molar-refractivity contribution in [1.29, 1.82) is 0 Å². The highest BCUT2D eigenvalue weighted by Crippen LogP contribution is 2.34. The van der Waals surface area contributed by atoms with Crippen molar-refractivity contribution in [2.75, 3.05) is 55.9 Å². The molecule has 0 atom stereocenters. The zero-order valence-corrected chi connectivity index (χ0v) is 27.7. The van der Waals surface area contributed by atoms with Crippen molar-refractivity contribution in [2.45, 2.75) is 72.3 Å². The van der Waals surface area contributed by atoms with Crippen LogP contribution in [0.3, 0.4) is 0 Å². The molecule has 43 heavy (non-hydrogen) atoms. The van der Waals surface area contributed by atoms with Gasteiger partial charge in [-0.05, 0) is 75.3 Å². The Balaban J connectivity index is 1.21. The first-order valence-electron chi connectivity index (χ1n) is 15.2. The quantitative estimate of drug-likeness (QED) is 0.265. The highest BCUT2D eigenvalue weighted by molar-refractivity contribution is 6.43. The summed E-state index contributed by atoms with van der Waals surface area (Å²) in [5.74, 6) is 0.644. The predicted molar refractivity (Wildman–Crippen MR) is 175 cm³/mol. The smallest absolute Gasteiger partial charge is 0.409 e. The van der Waals surface area contributed by atoms with Crippen LogP contribution < -0.4 is 19.9 Å². The Kier molecular flexibility index (Phi) is 11.1. The molecule has 2 aromatic carbocycles. The summed E-state index contributed by atoms with van der Waals surface area (Å²) in [6.45, 7) is 15.6. The van der Waals surface area contributed by atoms with Gasteiger partial charge in [-0.3, -0.25) is 14.6 Å². The van der Waals surface area contributed by atoms with Gasteiger partial charge in [0.25, 0.3) is 0 Å². The van der Waals surface area contributed by atoms with Crippen LogP contribution in [0.4, 0.5) is 16.2 Å². The third-order valence-electron chi connectivity index (χ3n) is 7.78. The molecule has 0 saturated carbocycles. The van der Waals surface area contributed by atoms with E-state index in [4.69, 9.17) is 32.7 Å². The number of alkyl carbamates (subject to hydrolysis) is 1. The molecule has 0 aliphatic carbocycles. The van der Waals surface area contributed by atoms with Gasteiger partial charge < -0.3 is 19.7 Å². The van der Waals surface area contributed by atoms with Crippen LogP contribution in [0.2, 0.25) is 10.0 Å². The van der Waals surface area contributed by atoms with Gasteiger partial charge in [0.2, 0.25) is 5.91 Å². The minimum absolute atomic E-state index is 0.0534. The zero-order valence-electron chi connectivity index (χ0n) is 26.2. The molecule has 4 rings (SSSR count). The predicted octanol–water partition coefficient (Wildman–Crippen LogP) is 7.15. The molecule has 1 saturated heterocycles. The SMILES string of the molecule is CC(C)(C)CC(C)(C)NC(=O)OCN1C(=O)CCc2ccc(OCCCCN3CCN(c4cccc(Cl)c4Cl)CC3)cc21. The number of benzene rings is 2. The van der Waals surface area contributed by atoms with E-state index in [0.717, 1.165) is 68.9 Å². The van der Waals surface area contributed by atoms with Gasteiger partial charge in [-0.2, -0.15) is 0 Å². The molecule has 2 aromatic rings. The van der Waals surface area contributed by atoms with Crippen molar-refractivity contribution in [3.63, 3.8) is 0 Å². The molecule has 1 N–H and O–H groups in total. The Labute approximate surface area is 266 Å². The number of halogens is 2. The van der Waals surface area contributed by atoms with E-state index in [-0.39, 0.29) is 18.1 Å². The number of amides is 2. The van der Waals surface area contributed by atoms with Gasteiger partial charge in [0.1, 0.15) is 5.75 Å². The van der Waals surface area contributed by atoms with Crippen molar-refractivity contribution in [2.24, 2.45) is 5.41 Å². The number of fused-ring (bicyclic) bond motifs is 1. The number of ether oxygens (including phenoxy) is 2. The van der Waals surface area contributed by atoms with Crippen molar-refractivity contribution in [3.05, 3.63) is 52.0 Å². The monoisotopic (exact) mass is 632 g/mol. The van der Waals surface area contributed by atoms with Crippen LogP contribution in [0, 0.1) is 5.41 Å². The number of nitrogens with one attached hydrogen (secondary N) is 1. The average molecular weight is 634 g/mol. The molecule has 2 aliphatic heterocycles. The molecule has 8 nitrogen and oxygen atoms in total. The number of rotatable bonds is 11. The highest BCUT2D eigenvalue weighted by Gasteiger charge is 2.29. The maximum atomic E-state index is 12.8. The second kappa shape index (κ2) is 14.4. The van der Waals surface area contributed by atoms with E-state index in [9.17, 15) is 9.59 Å². The van der Waals surface area contributed by atoms with Gasteiger partial charge in [-0.1, -0.05) is 56.1 Å². The van der Waals surface area contributed by atoms with Crippen LogP contribution >= 0.6 is 23.2 Å². The van der Waals surface area contributed by atoms with Crippen LogP contribution in [0.5, 0.6) is 5.75 Å². The number of carbonyl (C=O) groups excluding carboxylic acids is 2. The zero-order chi connectivity index (χ0) is 31.2. The second-order valence-electron chi connectivity index (χ2n) is 13.4. The number of hydrogen-bond acceptors (Lipinski definition) is 6. The summed E-state index contributed by atoms with van der Waals surface area (Å²) in [4.78, 5) is 31.7. The Hall–Kier alpha value is -2.68. The first-order valence-corrected chi connectivity index (χ1v) is 16.0. The summed E-state index contributed by atoms with van der Waals surface area (Å²) < 4.78 is 11.6. The fraction of sp³-hybridized carbons (Fsp3) is 0.576. The largest absolute Gasteiger partial charge is 0.494 e. The molecule has 0 aromatic heterocycles. The molecule has 2 amide bonds. The standard InChI is InChI=1S/C33H46Cl2N4O4/c1-32(2,3)22-33(4,5)36-31(41)43-23-39-28-21-25(13-11-24(28)12-14-29(39)40)42-20-7-6-15-37-16-18-38(19-17-37)27-10-8-9-26(34)30(27)35/h8-11,13,21H,6-7,12,14-20,22-23H2,1-5H3,(H,36,41). The maximum Gasteiger partial charge on any atom is 0.409 e. The third-order valence-corrected chi connectivity index (χ3v) is 8.58. The summed E-state index contributed by atoms with van der Waals surface area (Å²) in [6.07, 6.45) is 3.25. The van der Waals surface area contributed by atoms with Crippen LogP contribution in [-0.2, 0) is 16.0 Å². The van der Waals surface area contributed by atoms with E-state index in [1.165, 1.54) is 4.90 Å². The second-order valence-corrected chi connectivity index (χ2v) is 14.2. The number of anilines is 2. The molecule has 0 bridgehead atoms. The summed E-state index contributed by atoms with van der Waals surface area (Å²) >= 11 is 12.6. The van der Waals surface area contributed by atoms with E-state index < -0.39 is 11.6 Å². The number of piperazine rings is 1. The van der Waals surface area contributed by atoms with E-state index in [1.54, 1.807) is 0 Å². The lowest BCUT2D eigenvalue weighted by molar-refractivity contribution is -0.119. The van der Waals surface area contributed by atoms with Gasteiger partial charge >= 0.3 is 6.09 Å². The van der Waals surface area contributed by atoms with Crippen LogP contribution in [-0.4, -0.2) is 68.5 Å². The Morgan fingerprint density at radius 1 is 0.953 bits per heavy atom. The topological polar surface area (TPSA) is 74.3 Å². The van der Waals surface area contributed by atoms with Gasteiger partial charge in [0, 0.05) is 44.2 Å². The van der Waals surface area contributed by atoms with Crippen molar-refractivity contribution in [1.82, 2.24) is 10.2 Å². The molecule has 2 heterocycles. The summed E-state index contributed by atoms with van der Waals surface area (Å²) in [7, 11) is 0. The lowest BCUT2D eigenvalue weighted by Crippen LogP contribution is -2.47. The lowest BCUT2D eigenvalue weighted by Gasteiger charge is -2.36. The Bertz CT molecular complexity index is 1270. The lowest BCUT2D eigenvalue weighted by atomic mass is 9.82. The van der Waals surface area contributed by atoms with E-state index in [0.29, 0.717) is 35.2 Å². The van der Waals surface area contributed by atoms with E-state index in [1.807, 2.05) is 50.2 Å². The Morgan fingerprint density at radius 3 is 2.42 bits per heavy atom. The number of hydrogen-bond donors (Lipinski definition) is 1. The fourth-order valence-electron chi connectivity index (χ4n) is 6.13. The molecular formula is C33H46Cl2N4O4. The molecule has 0 unspecified atom stereocenters. The van der Waals surface area contributed by atoms with Crippen LogP contribution in [0.25, 0.3) is 0 Å². The fourth-order valence-corrected chi connectivity index (χ4v) is 6.55. The van der Waals surface area contributed by atoms with Gasteiger partial charge in [0.15, 0.2) is 6.73 Å². The molecule has 0 spiro atoms. The number of aryl methyl sites for hydroxylation is 1. The van der Waals surface area contributed by atoms with Gasteiger partial charge in [-0.15, -0.1) is 0 Å². The van der Waals surface area contributed by atoms with Gasteiger partial charge in [0.05, 0.1) is 28.0 Å². The van der Waals surface area contributed by atoms with Crippen LogP contribution in [0.1, 0.15) is 65.9 Å². The molecule has 10 heteroatoms. The third kappa shape index (κ3) is 9.65. The summed E-state index contributed by atoms with van der Waals surface area (Å²) in [5, 5.41) is 4.15. The minimum Gasteiger partial charge on any atom is -0.494 e. The Morgan fingerprint density at radius 2 is 1.70 bits per heavy atom. The molecule has 0 radical (unpaired) electrons. The minimum atomic E-state index is -0.531.